The second-order valence-corrected chi connectivity index (χ2v) is 6.21. The molecule has 1 aromatic carbocycles. The van der Waals surface area contributed by atoms with Gasteiger partial charge in [0.05, 0.1) is 5.41 Å². The van der Waals surface area contributed by atoms with Gasteiger partial charge in [-0.25, -0.2) is 0 Å². The van der Waals surface area contributed by atoms with Crippen LogP contribution in [0.25, 0.3) is 0 Å². The highest BCUT2D eigenvalue weighted by molar-refractivity contribution is 5.78. The first-order chi connectivity index (χ1) is 9.09. The Hall–Kier alpha value is -1.35. The van der Waals surface area contributed by atoms with Gasteiger partial charge in [-0.3, -0.25) is 4.79 Å². The number of aliphatic carboxylic acids is 1. The van der Waals surface area contributed by atoms with Crippen LogP contribution in [0, 0.1) is 5.41 Å². The van der Waals surface area contributed by atoms with E-state index in [1.54, 1.807) is 0 Å². The van der Waals surface area contributed by atoms with Crippen LogP contribution >= 0.6 is 0 Å². The number of nitrogens with zero attached hydrogens (tertiary/aromatic N) is 1. The monoisotopic (exact) mass is 259 g/mol. The molecule has 1 saturated carbocycles. The van der Waals surface area contributed by atoms with Gasteiger partial charge in [0.2, 0.25) is 0 Å². The van der Waals surface area contributed by atoms with E-state index in [0.29, 0.717) is 6.54 Å². The Labute approximate surface area is 114 Å². The van der Waals surface area contributed by atoms with Crippen LogP contribution < -0.4 is 0 Å². The van der Waals surface area contributed by atoms with Crippen molar-refractivity contribution in [2.45, 2.75) is 38.6 Å². The maximum Gasteiger partial charge on any atom is 0.310 e. The van der Waals surface area contributed by atoms with Crippen molar-refractivity contribution >= 4 is 5.97 Å². The number of carbonyl (C=O) groups is 1. The van der Waals surface area contributed by atoms with Crippen molar-refractivity contribution in [1.82, 2.24) is 4.90 Å². The molecule has 1 fully saturated rings. The van der Waals surface area contributed by atoms with E-state index in [0.717, 1.165) is 19.4 Å². The molecule has 19 heavy (non-hydrogen) atoms. The zero-order valence-electron chi connectivity index (χ0n) is 11.5. The highest BCUT2D eigenvalue weighted by Gasteiger charge is 2.50. The third kappa shape index (κ3) is 2.52. The van der Waals surface area contributed by atoms with E-state index in [9.17, 15) is 9.90 Å². The molecule has 0 saturated heterocycles. The van der Waals surface area contributed by atoms with E-state index in [4.69, 9.17) is 0 Å². The molecule has 1 aromatic rings. The number of hydrogen-bond donors (Lipinski definition) is 1. The summed E-state index contributed by atoms with van der Waals surface area (Å²) in [7, 11) is 2.02. The minimum Gasteiger partial charge on any atom is -0.481 e. The highest BCUT2D eigenvalue weighted by Crippen LogP contribution is 2.46. The van der Waals surface area contributed by atoms with Gasteiger partial charge in [0.15, 0.2) is 0 Å². The number of rotatable bonds is 5. The largest absolute Gasteiger partial charge is 0.481 e. The van der Waals surface area contributed by atoms with Crippen molar-refractivity contribution in [1.29, 1.82) is 0 Å². The second-order valence-electron chi connectivity index (χ2n) is 6.21. The highest BCUT2D eigenvalue weighted by atomic mass is 16.4. The maximum absolute atomic E-state index is 11.2. The molecular formula is C16H21NO2. The Morgan fingerprint density at radius 2 is 2.05 bits per heavy atom. The topological polar surface area (TPSA) is 40.5 Å². The molecule has 2 aliphatic carbocycles. The van der Waals surface area contributed by atoms with Gasteiger partial charge in [0, 0.05) is 13.1 Å². The van der Waals surface area contributed by atoms with E-state index >= 15 is 0 Å². The van der Waals surface area contributed by atoms with Crippen molar-refractivity contribution in [2.24, 2.45) is 5.41 Å². The third-order valence-electron chi connectivity index (χ3n) is 4.50. The maximum atomic E-state index is 11.2. The Morgan fingerprint density at radius 3 is 2.74 bits per heavy atom. The number of aryl methyl sites for hydroxylation is 2. The molecule has 2 aliphatic rings. The van der Waals surface area contributed by atoms with Crippen LogP contribution in [0.1, 0.15) is 36.0 Å². The molecule has 3 heteroatoms. The van der Waals surface area contributed by atoms with Gasteiger partial charge in [-0.2, -0.15) is 0 Å². The van der Waals surface area contributed by atoms with Crippen LogP contribution in [0.4, 0.5) is 0 Å². The lowest BCUT2D eigenvalue weighted by atomic mass is 10.0. The predicted molar refractivity (Wildman–Crippen MR) is 74.1 cm³/mol. The van der Waals surface area contributed by atoms with Gasteiger partial charge in [-0.15, -0.1) is 0 Å². The van der Waals surface area contributed by atoms with E-state index in [2.05, 4.69) is 23.1 Å². The Bertz CT molecular complexity index is 505. The average Bonchev–Trinajstić information content (AvgIpc) is 2.99. The summed E-state index contributed by atoms with van der Waals surface area (Å²) in [5.74, 6) is -0.631. The zero-order chi connectivity index (χ0) is 13.5. The van der Waals surface area contributed by atoms with E-state index < -0.39 is 11.4 Å². The predicted octanol–water partition coefficient (Wildman–Crippen LogP) is 2.47. The summed E-state index contributed by atoms with van der Waals surface area (Å²) >= 11 is 0. The molecule has 0 unspecified atom stereocenters. The number of fused-ring (bicyclic) bond motifs is 1. The average molecular weight is 259 g/mol. The first-order valence-corrected chi connectivity index (χ1v) is 7.12. The lowest BCUT2D eigenvalue weighted by Crippen LogP contribution is -2.31. The summed E-state index contributed by atoms with van der Waals surface area (Å²) in [6.07, 6.45) is 5.35. The van der Waals surface area contributed by atoms with Crippen LogP contribution in [0.5, 0.6) is 0 Å². The van der Waals surface area contributed by atoms with E-state index in [1.165, 1.54) is 36.0 Å². The SMILES string of the molecule is CN(Cc1ccc2c(c1)CCC2)CC1(C(=O)O)CC1. The van der Waals surface area contributed by atoms with Crippen molar-refractivity contribution in [3.63, 3.8) is 0 Å². The summed E-state index contributed by atoms with van der Waals surface area (Å²) in [5, 5.41) is 9.22. The first kappa shape index (κ1) is 12.7. The van der Waals surface area contributed by atoms with Gasteiger partial charge >= 0.3 is 5.97 Å². The fraction of sp³-hybridized carbons (Fsp3) is 0.562. The fourth-order valence-corrected chi connectivity index (χ4v) is 3.20. The lowest BCUT2D eigenvalue weighted by Gasteiger charge is -2.21. The lowest BCUT2D eigenvalue weighted by molar-refractivity contribution is -0.144. The van der Waals surface area contributed by atoms with Crippen molar-refractivity contribution in [2.75, 3.05) is 13.6 Å². The molecule has 102 valence electrons. The quantitative estimate of drug-likeness (QED) is 0.883. The van der Waals surface area contributed by atoms with E-state index in [-0.39, 0.29) is 0 Å². The van der Waals surface area contributed by atoms with Gasteiger partial charge in [0.1, 0.15) is 0 Å². The summed E-state index contributed by atoms with van der Waals surface area (Å²) in [6.45, 7) is 1.52. The minimum atomic E-state index is -0.631. The summed E-state index contributed by atoms with van der Waals surface area (Å²) in [4.78, 5) is 13.3. The van der Waals surface area contributed by atoms with Crippen molar-refractivity contribution < 1.29 is 9.90 Å². The minimum absolute atomic E-state index is 0.453. The van der Waals surface area contributed by atoms with Gasteiger partial charge in [-0.1, -0.05) is 18.2 Å². The Morgan fingerprint density at radius 1 is 1.32 bits per heavy atom. The Balaban J connectivity index is 1.63. The number of carboxylic acid groups (broad SMARTS) is 1. The van der Waals surface area contributed by atoms with E-state index in [1.807, 2.05) is 7.05 Å². The molecule has 3 rings (SSSR count). The number of benzene rings is 1. The molecule has 0 heterocycles. The standard InChI is InChI=1S/C16H21NO2/c1-17(11-16(7-8-16)15(18)19)10-12-5-6-13-3-2-4-14(13)9-12/h5-6,9H,2-4,7-8,10-11H2,1H3,(H,18,19). The fourth-order valence-electron chi connectivity index (χ4n) is 3.20. The molecule has 1 N–H and O–H groups in total. The van der Waals surface area contributed by atoms with Gasteiger partial charge < -0.3 is 10.0 Å². The molecule has 0 spiro atoms. The third-order valence-corrected chi connectivity index (χ3v) is 4.50. The zero-order valence-corrected chi connectivity index (χ0v) is 11.5. The molecule has 0 bridgehead atoms. The van der Waals surface area contributed by atoms with Gasteiger partial charge in [-0.05, 0) is 55.8 Å². The molecule has 0 radical (unpaired) electrons. The summed E-state index contributed by atoms with van der Waals surface area (Å²) in [5.41, 5.74) is 3.84. The summed E-state index contributed by atoms with van der Waals surface area (Å²) < 4.78 is 0. The second kappa shape index (κ2) is 4.64. The molecular weight excluding hydrogens is 238 g/mol. The number of hydrogen-bond acceptors (Lipinski definition) is 2. The van der Waals surface area contributed by atoms with Crippen LogP contribution in [0.15, 0.2) is 18.2 Å². The van der Waals surface area contributed by atoms with Crippen LogP contribution in [-0.2, 0) is 24.2 Å². The smallest absolute Gasteiger partial charge is 0.310 e. The molecule has 0 atom stereocenters. The molecule has 0 aromatic heterocycles. The Kier molecular flexibility index (Phi) is 3.09. The first-order valence-electron chi connectivity index (χ1n) is 7.12. The number of carboxylic acids is 1. The van der Waals surface area contributed by atoms with Crippen LogP contribution in [0.2, 0.25) is 0 Å². The molecule has 3 nitrogen and oxygen atoms in total. The normalized spacial score (nSPS) is 19.5. The van der Waals surface area contributed by atoms with Crippen LogP contribution in [-0.4, -0.2) is 29.6 Å². The van der Waals surface area contributed by atoms with Gasteiger partial charge in [0.25, 0.3) is 0 Å². The van der Waals surface area contributed by atoms with Crippen molar-refractivity contribution in [3.8, 4) is 0 Å². The molecule has 0 amide bonds. The van der Waals surface area contributed by atoms with Crippen LogP contribution in [0.3, 0.4) is 0 Å². The van der Waals surface area contributed by atoms with Crippen molar-refractivity contribution in [3.05, 3.63) is 34.9 Å². The summed E-state index contributed by atoms with van der Waals surface area (Å²) in [6, 6.07) is 6.75. The molecule has 0 aliphatic heterocycles.